The molecular formula is C21H25ClN6O5. The number of fused-ring (bicyclic) bond motifs is 1. The molecule has 12 heteroatoms. The van der Waals surface area contributed by atoms with Crippen LogP contribution in [0.2, 0.25) is 0 Å². The minimum atomic E-state index is -1.28. The van der Waals surface area contributed by atoms with E-state index in [1.54, 1.807) is 24.3 Å². The molecule has 0 bridgehead atoms. The molecule has 0 fully saturated rings. The monoisotopic (exact) mass is 476 g/mol. The summed E-state index contributed by atoms with van der Waals surface area (Å²) in [6, 6.07) is 5.56. The van der Waals surface area contributed by atoms with Crippen LogP contribution in [0.4, 0.5) is 11.8 Å². The van der Waals surface area contributed by atoms with Crippen molar-refractivity contribution in [3.8, 4) is 0 Å². The summed E-state index contributed by atoms with van der Waals surface area (Å²) in [5.74, 6) is -2.52. The van der Waals surface area contributed by atoms with Crippen LogP contribution in [-0.4, -0.2) is 49.1 Å². The van der Waals surface area contributed by atoms with Crippen LogP contribution in [0.5, 0.6) is 0 Å². The van der Waals surface area contributed by atoms with E-state index in [-0.39, 0.29) is 31.2 Å². The summed E-state index contributed by atoms with van der Waals surface area (Å²) in [5.41, 5.74) is 14.5. The molecule has 11 nitrogen and oxygen atoms in total. The SMILES string of the molecule is Cl.Nc1nc(N)c2c(CCCc3ccc(C(=O)NC(CCC(=O)O)C(=O)O)cc3)c[nH]c2n1. The summed E-state index contributed by atoms with van der Waals surface area (Å²) in [7, 11) is 0. The third kappa shape index (κ3) is 6.56. The number of hydrogen-bond acceptors (Lipinski definition) is 7. The molecule has 3 rings (SSSR count). The summed E-state index contributed by atoms with van der Waals surface area (Å²) >= 11 is 0. The molecule has 0 aliphatic heterocycles. The van der Waals surface area contributed by atoms with Crippen LogP contribution >= 0.6 is 12.4 Å². The van der Waals surface area contributed by atoms with Gasteiger partial charge in [-0.2, -0.15) is 9.97 Å². The Bertz CT molecular complexity index is 1150. The van der Waals surface area contributed by atoms with Crippen LogP contribution < -0.4 is 16.8 Å². The quantitative estimate of drug-likeness (QED) is 0.252. The number of anilines is 2. The predicted molar refractivity (Wildman–Crippen MR) is 124 cm³/mol. The van der Waals surface area contributed by atoms with E-state index >= 15 is 0 Å². The van der Waals surface area contributed by atoms with Gasteiger partial charge < -0.3 is 32.0 Å². The zero-order valence-corrected chi connectivity index (χ0v) is 18.4. The molecule has 0 spiro atoms. The van der Waals surface area contributed by atoms with Crippen molar-refractivity contribution in [2.75, 3.05) is 11.5 Å². The topological polar surface area (TPSA) is 197 Å². The fraction of sp³-hybridized carbons (Fsp3) is 0.286. The summed E-state index contributed by atoms with van der Waals surface area (Å²) in [6.45, 7) is 0. The standard InChI is InChI=1S/C21H24N6O5.ClH/c22-17-16-13(10-24-18(16)27-21(23)26-17)3-1-2-11-4-6-12(7-5-11)19(30)25-14(20(31)32)8-9-15(28)29;/h4-7,10,14H,1-3,8-9H2,(H,25,30)(H,28,29)(H,31,32)(H5,22,23,24,26,27);1H. The molecule has 1 unspecified atom stereocenters. The van der Waals surface area contributed by atoms with Gasteiger partial charge in [-0.25, -0.2) is 4.79 Å². The molecule has 1 atom stereocenters. The Hall–Kier alpha value is -3.86. The highest BCUT2D eigenvalue weighted by atomic mass is 35.5. The summed E-state index contributed by atoms with van der Waals surface area (Å²) < 4.78 is 0. The van der Waals surface area contributed by atoms with E-state index in [0.717, 1.165) is 35.8 Å². The first-order valence-electron chi connectivity index (χ1n) is 9.98. The average molecular weight is 477 g/mol. The second-order valence-electron chi connectivity index (χ2n) is 7.35. The largest absolute Gasteiger partial charge is 0.481 e. The number of carbonyl (C=O) groups is 3. The van der Waals surface area contributed by atoms with Crippen molar-refractivity contribution in [3.63, 3.8) is 0 Å². The van der Waals surface area contributed by atoms with E-state index in [1.165, 1.54) is 0 Å². The Labute approximate surface area is 195 Å². The predicted octanol–water partition coefficient (Wildman–Crippen LogP) is 1.77. The lowest BCUT2D eigenvalue weighted by Crippen LogP contribution is -2.41. The molecule has 176 valence electrons. The van der Waals surface area contributed by atoms with E-state index in [9.17, 15) is 14.4 Å². The zero-order valence-electron chi connectivity index (χ0n) is 17.6. The molecule has 1 aromatic carbocycles. The summed E-state index contributed by atoms with van der Waals surface area (Å²) in [4.78, 5) is 45.4. The number of aliphatic carboxylic acids is 2. The van der Waals surface area contributed by atoms with Crippen LogP contribution in [0.25, 0.3) is 11.0 Å². The first kappa shape index (κ1) is 25.4. The molecule has 0 aliphatic carbocycles. The highest BCUT2D eigenvalue weighted by Crippen LogP contribution is 2.24. The maximum absolute atomic E-state index is 12.3. The second kappa shape index (κ2) is 11.1. The van der Waals surface area contributed by atoms with Crippen LogP contribution in [0.15, 0.2) is 30.5 Å². The van der Waals surface area contributed by atoms with Gasteiger partial charge in [0.05, 0.1) is 5.39 Å². The smallest absolute Gasteiger partial charge is 0.326 e. The van der Waals surface area contributed by atoms with E-state index in [0.29, 0.717) is 17.0 Å². The van der Waals surface area contributed by atoms with Crippen LogP contribution in [0.3, 0.4) is 0 Å². The Balaban J connectivity index is 0.00000385. The van der Waals surface area contributed by atoms with Crippen molar-refractivity contribution in [2.24, 2.45) is 0 Å². The molecule has 33 heavy (non-hydrogen) atoms. The minimum Gasteiger partial charge on any atom is -0.481 e. The van der Waals surface area contributed by atoms with Gasteiger partial charge in [0, 0.05) is 18.2 Å². The van der Waals surface area contributed by atoms with Gasteiger partial charge in [-0.15, -0.1) is 12.4 Å². The van der Waals surface area contributed by atoms with Crippen molar-refractivity contribution in [1.29, 1.82) is 0 Å². The van der Waals surface area contributed by atoms with Crippen LogP contribution in [-0.2, 0) is 22.4 Å². The number of nitrogens with one attached hydrogen (secondary N) is 2. The third-order valence-corrected chi connectivity index (χ3v) is 5.04. The number of amides is 1. The van der Waals surface area contributed by atoms with Gasteiger partial charge in [0.2, 0.25) is 5.95 Å². The van der Waals surface area contributed by atoms with E-state index in [4.69, 9.17) is 21.7 Å². The maximum atomic E-state index is 12.3. The van der Waals surface area contributed by atoms with Gasteiger partial charge in [-0.1, -0.05) is 12.1 Å². The lowest BCUT2D eigenvalue weighted by atomic mass is 10.0. The molecule has 8 N–H and O–H groups in total. The number of halogens is 1. The normalized spacial score (nSPS) is 11.5. The Morgan fingerprint density at radius 1 is 1.06 bits per heavy atom. The highest BCUT2D eigenvalue weighted by molar-refractivity contribution is 5.96. The Kier molecular flexibility index (Phi) is 8.57. The first-order valence-corrected chi connectivity index (χ1v) is 9.98. The number of nitrogen functional groups attached to an aromatic ring is 2. The number of aryl methyl sites for hydroxylation is 2. The van der Waals surface area contributed by atoms with E-state index < -0.39 is 23.9 Å². The molecule has 2 aromatic heterocycles. The number of carbonyl (C=O) groups excluding carboxylic acids is 1. The molecule has 0 radical (unpaired) electrons. The van der Waals surface area contributed by atoms with E-state index in [2.05, 4.69) is 20.3 Å². The van der Waals surface area contributed by atoms with Crippen molar-refractivity contribution in [1.82, 2.24) is 20.3 Å². The van der Waals surface area contributed by atoms with Crippen molar-refractivity contribution in [2.45, 2.75) is 38.1 Å². The number of carboxylic acid groups (broad SMARTS) is 2. The minimum absolute atomic E-state index is 0. The lowest BCUT2D eigenvalue weighted by Gasteiger charge is -2.13. The molecular weight excluding hydrogens is 452 g/mol. The lowest BCUT2D eigenvalue weighted by molar-refractivity contribution is -0.140. The number of H-pyrrole nitrogens is 1. The van der Waals surface area contributed by atoms with Crippen LogP contribution in [0.1, 0.15) is 40.7 Å². The summed E-state index contributed by atoms with van der Waals surface area (Å²) in [6.07, 6.45) is 3.61. The van der Waals surface area contributed by atoms with Gasteiger partial charge in [0.1, 0.15) is 17.5 Å². The first-order chi connectivity index (χ1) is 15.2. The highest BCUT2D eigenvalue weighted by Gasteiger charge is 2.21. The number of hydrogen-bond donors (Lipinski definition) is 6. The third-order valence-electron chi connectivity index (χ3n) is 5.04. The zero-order chi connectivity index (χ0) is 23.3. The Morgan fingerprint density at radius 2 is 1.76 bits per heavy atom. The number of nitrogens with zero attached hydrogens (tertiary/aromatic N) is 2. The fourth-order valence-corrected chi connectivity index (χ4v) is 3.41. The molecule has 0 saturated heterocycles. The maximum Gasteiger partial charge on any atom is 0.326 e. The van der Waals surface area contributed by atoms with Gasteiger partial charge >= 0.3 is 11.9 Å². The van der Waals surface area contributed by atoms with Gasteiger partial charge in [-0.05, 0) is 48.9 Å². The number of benzene rings is 1. The fourth-order valence-electron chi connectivity index (χ4n) is 3.41. The number of aromatic nitrogens is 3. The second-order valence-corrected chi connectivity index (χ2v) is 7.35. The molecule has 1 amide bonds. The van der Waals surface area contributed by atoms with Crippen molar-refractivity contribution in [3.05, 3.63) is 47.2 Å². The van der Waals surface area contributed by atoms with Crippen LogP contribution in [0, 0.1) is 0 Å². The average Bonchev–Trinajstić information content (AvgIpc) is 3.14. The summed E-state index contributed by atoms with van der Waals surface area (Å²) in [5, 5.41) is 21.0. The van der Waals surface area contributed by atoms with Gasteiger partial charge in [0.15, 0.2) is 0 Å². The number of nitrogens with two attached hydrogens (primary N) is 2. The van der Waals surface area contributed by atoms with Gasteiger partial charge in [-0.3, -0.25) is 9.59 Å². The van der Waals surface area contributed by atoms with Crippen molar-refractivity contribution >= 4 is 53.1 Å². The Morgan fingerprint density at radius 3 is 2.39 bits per heavy atom. The van der Waals surface area contributed by atoms with E-state index in [1.807, 2.05) is 6.20 Å². The molecule has 0 aliphatic rings. The van der Waals surface area contributed by atoms with Crippen molar-refractivity contribution < 1.29 is 24.6 Å². The number of carboxylic acids is 2. The number of rotatable bonds is 10. The number of aromatic amines is 1. The van der Waals surface area contributed by atoms with Gasteiger partial charge in [0.25, 0.3) is 5.91 Å². The molecule has 2 heterocycles. The molecule has 3 aromatic rings. The molecule has 0 saturated carbocycles.